The van der Waals surface area contributed by atoms with Crippen molar-refractivity contribution >= 4 is 32.5 Å². The molecule has 6 nitrogen and oxygen atoms in total. The van der Waals surface area contributed by atoms with E-state index in [0.717, 1.165) is 11.1 Å². The number of rotatable bonds is 3. The highest BCUT2D eigenvalue weighted by atomic mass is 79.9. The summed E-state index contributed by atoms with van der Waals surface area (Å²) in [6, 6.07) is 18.4. The fourth-order valence-corrected chi connectivity index (χ4v) is 4.12. The molecule has 150 valence electrons. The number of phenols is 1. The van der Waals surface area contributed by atoms with Gasteiger partial charge in [0.15, 0.2) is 11.5 Å². The van der Waals surface area contributed by atoms with Crippen molar-refractivity contribution in [2.75, 3.05) is 12.5 Å². The number of hydrogen-bond donors (Lipinski definition) is 2. The number of aromatic nitrogens is 1. The molecule has 3 N–H and O–H groups in total. The van der Waals surface area contributed by atoms with Crippen LogP contribution in [-0.4, -0.2) is 16.5 Å². The van der Waals surface area contributed by atoms with Crippen LogP contribution in [0.1, 0.15) is 5.56 Å². The van der Waals surface area contributed by atoms with Gasteiger partial charge in [0.05, 0.1) is 16.4 Å². The van der Waals surface area contributed by atoms with Gasteiger partial charge in [-0.15, -0.1) is 0 Å². The van der Waals surface area contributed by atoms with E-state index < -0.39 is 0 Å². The molecule has 1 aromatic heterocycles. The van der Waals surface area contributed by atoms with E-state index in [9.17, 15) is 9.90 Å². The smallest absolute Gasteiger partial charge is 0.260 e. The minimum atomic E-state index is -0.275. The molecule has 0 saturated heterocycles. The average molecular weight is 465 g/mol. The van der Waals surface area contributed by atoms with Crippen molar-refractivity contribution < 1.29 is 14.6 Å². The van der Waals surface area contributed by atoms with Gasteiger partial charge in [0.1, 0.15) is 11.6 Å². The number of ether oxygens (including phenoxy) is 2. The predicted octanol–water partition coefficient (Wildman–Crippen LogP) is 4.50. The lowest BCUT2D eigenvalue weighted by atomic mass is 9.98. The molecule has 0 unspecified atom stereocenters. The number of fused-ring (bicyclic) bond motifs is 2. The van der Waals surface area contributed by atoms with Gasteiger partial charge in [-0.1, -0.05) is 36.4 Å². The van der Waals surface area contributed by atoms with Crippen LogP contribution in [0.25, 0.3) is 21.9 Å². The molecule has 7 heteroatoms. The van der Waals surface area contributed by atoms with Gasteiger partial charge in [-0.3, -0.25) is 9.36 Å². The van der Waals surface area contributed by atoms with E-state index >= 15 is 0 Å². The van der Waals surface area contributed by atoms with Crippen LogP contribution in [-0.2, 0) is 6.54 Å². The standard InChI is InChI=1S/C23H17BrN2O4/c24-16-8-7-15-20(21(16)27)19(14-4-2-1-3-5-14)22(25)26(23(15)28)11-13-6-9-17-18(10-13)30-12-29-17/h1-10,27H,11-12,25H2. The molecule has 0 radical (unpaired) electrons. The largest absolute Gasteiger partial charge is 0.506 e. The predicted molar refractivity (Wildman–Crippen MR) is 119 cm³/mol. The van der Waals surface area contributed by atoms with Crippen molar-refractivity contribution in [3.63, 3.8) is 0 Å². The zero-order chi connectivity index (χ0) is 20.8. The Hall–Kier alpha value is -3.45. The second kappa shape index (κ2) is 7.11. The van der Waals surface area contributed by atoms with E-state index in [1.165, 1.54) is 4.57 Å². The topological polar surface area (TPSA) is 86.7 Å². The highest BCUT2D eigenvalue weighted by Gasteiger charge is 2.21. The van der Waals surface area contributed by atoms with Gasteiger partial charge in [-0.2, -0.15) is 0 Å². The van der Waals surface area contributed by atoms with Crippen LogP contribution in [0.3, 0.4) is 0 Å². The summed E-state index contributed by atoms with van der Waals surface area (Å²) in [5, 5.41) is 11.6. The third kappa shape index (κ3) is 2.90. The number of anilines is 1. The maximum absolute atomic E-state index is 13.3. The maximum atomic E-state index is 13.3. The molecule has 0 fully saturated rings. The molecule has 1 aliphatic heterocycles. The molecule has 0 amide bonds. The minimum absolute atomic E-state index is 0.00891. The normalized spacial score (nSPS) is 12.4. The van der Waals surface area contributed by atoms with Gasteiger partial charge in [0.25, 0.3) is 5.56 Å². The number of halogens is 1. The lowest BCUT2D eigenvalue weighted by molar-refractivity contribution is 0.174. The molecular weight excluding hydrogens is 448 g/mol. The monoisotopic (exact) mass is 464 g/mol. The van der Waals surface area contributed by atoms with E-state index in [1.807, 2.05) is 48.5 Å². The summed E-state index contributed by atoms with van der Waals surface area (Å²) in [4.78, 5) is 13.3. The zero-order valence-corrected chi connectivity index (χ0v) is 17.3. The van der Waals surface area contributed by atoms with Crippen LogP contribution in [0.15, 0.2) is 69.9 Å². The van der Waals surface area contributed by atoms with Gasteiger partial charge in [0, 0.05) is 10.9 Å². The first-order valence-corrected chi connectivity index (χ1v) is 10.1. The van der Waals surface area contributed by atoms with Crippen molar-refractivity contribution in [3.8, 4) is 28.4 Å². The number of nitrogens with zero attached hydrogens (tertiary/aromatic N) is 1. The Morgan fingerprint density at radius 1 is 1.03 bits per heavy atom. The number of pyridine rings is 1. The third-order valence-electron chi connectivity index (χ3n) is 5.24. The van der Waals surface area contributed by atoms with Gasteiger partial charge >= 0.3 is 0 Å². The fraction of sp³-hybridized carbons (Fsp3) is 0.0870. The quantitative estimate of drug-likeness (QED) is 0.466. The number of nitrogens with two attached hydrogens (primary N) is 1. The van der Waals surface area contributed by atoms with Crippen LogP contribution >= 0.6 is 15.9 Å². The molecule has 0 spiro atoms. The zero-order valence-electron chi connectivity index (χ0n) is 15.8. The van der Waals surface area contributed by atoms with Gasteiger partial charge in [-0.05, 0) is 51.3 Å². The number of aromatic hydroxyl groups is 1. The van der Waals surface area contributed by atoms with Crippen molar-refractivity contribution in [1.29, 1.82) is 0 Å². The van der Waals surface area contributed by atoms with Crippen molar-refractivity contribution in [1.82, 2.24) is 4.57 Å². The Morgan fingerprint density at radius 3 is 2.60 bits per heavy atom. The Kier molecular flexibility index (Phi) is 4.40. The number of hydrogen-bond acceptors (Lipinski definition) is 5. The van der Waals surface area contributed by atoms with E-state index in [2.05, 4.69) is 15.9 Å². The molecule has 30 heavy (non-hydrogen) atoms. The second-order valence-corrected chi connectivity index (χ2v) is 7.88. The van der Waals surface area contributed by atoms with Crippen molar-refractivity contribution in [2.45, 2.75) is 6.54 Å². The van der Waals surface area contributed by atoms with Crippen LogP contribution in [0.2, 0.25) is 0 Å². The lowest BCUT2D eigenvalue weighted by Crippen LogP contribution is -2.24. The molecule has 0 saturated carbocycles. The van der Waals surface area contributed by atoms with Crippen LogP contribution in [0.4, 0.5) is 5.82 Å². The third-order valence-corrected chi connectivity index (χ3v) is 5.88. The molecule has 1 aliphatic rings. The molecule has 3 aromatic carbocycles. The van der Waals surface area contributed by atoms with E-state index in [1.54, 1.807) is 12.1 Å². The SMILES string of the molecule is Nc1c(-c2ccccc2)c2c(O)c(Br)ccc2c(=O)n1Cc1ccc2c(c1)OCO2. The average Bonchev–Trinajstić information content (AvgIpc) is 3.23. The summed E-state index contributed by atoms with van der Waals surface area (Å²) in [7, 11) is 0. The van der Waals surface area contributed by atoms with E-state index in [4.69, 9.17) is 15.2 Å². The maximum Gasteiger partial charge on any atom is 0.260 e. The molecule has 0 atom stereocenters. The van der Waals surface area contributed by atoms with E-state index in [-0.39, 0.29) is 30.5 Å². The molecule has 0 aliphatic carbocycles. The van der Waals surface area contributed by atoms with Crippen LogP contribution in [0, 0.1) is 0 Å². The molecule has 0 bridgehead atoms. The van der Waals surface area contributed by atoms with Crippen LogP contribution < -0.4 is 20.8 Å². The summed E-state index contributed by atoms with van der Waals surface area (Å²) in [5.41, 5.74) is 8.55. The number of benzene rings is 3. The summed E-state index contributed by atoms with van der Waals surface area (Å²) < 4.78 is 12.8. The molecule has 4 aromatic rings. The molecule has 5 rings (SSSR count). The second-order valence-electron chi connectivity index (χ2n) is 7.02. The van der Waals surface area contributed by atoms with Crippen molar-refractivity contribution in [3.05, 3.63) is 81.1 Å². The first kappa shape index (κ1) is 18.6. The highest BCUT2D eigenvalue weighted by molar-refractivity contribution is 9.10. The summed E-state index contributed by atoms with van der Waals surface area (Å²) in [6.07, 6.45) is 0. The Morgan fingerprint density at radius 2 is 1.80 bits per heavy atom. The summed E-state index contributed by atoms with van der Waals surface area (Å²) in [6.45, 7) is 0.442. The highest BCUT2D eigenvalue weighted by Crippen LogP contribution is 2.41. The van der Waals surface area contributed by atoms with Crippen molar-refractivity contribution in [2.24, 2.45) is 0 Å². The first-order chi connectivity index (χ1) is 14.5. The number of phenolic OH excluding ortho intramolecular Hbond substituents is 1. The van der Waals surface area contributed by atoms with E-state index in [0.29, 0.717) is 32.3 Å². The van der Waals surface area contributed by atoms with Gasteiger partial charge in [-0.25, -0.2) is 0 Å². The molecule has 2 heterocycles. The summed E-state index contributed by atoms with van der Waals surface area (Å²) >= 11 is 3.35. The van der Waals surface area contributed by atoms with Gasteiger partial charge in [0.2, 0.25) is 6.79 Å². The lowest BCUT2D eigenvalue weighted by Gasteiger charge is -2.18. The van der Waals surface area contributed by atoms with Gasteiger partial charge < -0.3 is 20.3 Å². The minimum Gasteiger partial charge on any atom is -0.506 e. The Balaban J connectivity index is 1.77. The Bertz CT molecular complexity index is 1350. The number of nitrogen functional groups attached to an aromatic ring is 1. The Labute approximate surface area is 180 Å². The summed E-state index contributed by atoms with van der Waals surface area (Å²) in [5.74, 6) is 1.59. The fourth-order valence-electron chi connectivity index (χ4n) is 3.79. The first-order valence-electron chi connectivity index (χ1n) is 9.32. The molecular formula is C23H17BrN2O4. The van der Waals surface area contributed by atoms with Crippen LogP contribution in [0.5, 0.6) is 17.2 Å².